The summed E-state index contributed by atoms with van der Waals surface area (Å²) in [6, 6.07) is 6.41. The highest BCUT2D eigenvalue weighted by Crippen LogP contribution is 2.43. The number of alkyl halides is 3. The van der Waals surface area contributed by atoms with Gasteiger partial charge >= 0.3 is 6.18 Å². The van der Waals surface area contributed by atoms with Gasteiger partial charge in [-0.1, -0.05) is 20.8 Å². The van der Waals surface area contributed by atoms with Crippen LogP contribution in [0.5, 0.6) is 5.75 Å². The van der Waals surface area contributed by atoms with Crippen LogP contribution in [0.4, 0.5) is 13.2 Å². The molecule has 2 aromatic rings. The molecule has 1 unspecified atom stereocenters. The van der Waals surface area contributed by atoms with Crippen LogP contribution in [-0.2, 0) is 17.0 Å². The van der Waals surface area contributed by atoms with Gasteiger partial charge in [0.25, 0.3) is 5.56 Å². The zero-order chi connectivity index (χ0) is 25.5. The lowest BCUT2D eigenvalue weighted by molar-refractivity contribution is -0.137. The van der Waals surface area contributed by atoms with Gasteiger partial charge in [0.2, 0.25) is 0 Å². The molecule has 0 radical (unpaired) electrons. The van der Waals surface area contributed by atoms with Crippen LogP contribution in [-0.4, -0.2) is 25.1 Å². The van der Waals surface area contributed by atoms with Crippen LogP contribution in [0.1, 0.15) is 70.2 Å². The summed E-state index contributed by atoms with van der Waals surface area (Å²) in [5, 5.41) is 0.146. The minimum absolute atomic E-state index is 0.146. The van der Waals surface area contributed by atoms with Crippen LogP contribution in [0.25, 0.3) is 0 Å². The monoisotopic (exact) mass is 495 g/mol. The first-order chi connectivity index (χ1) is 15.5. The SMILES string of the molecule is CC1(C)CC(n2ccc(CCCO[Si](C)(C)C(C)(C)C)cc2=O)c2cc(C(F)(F)F)ccc2O1. The van der Waals surface area contributed by atoms with Gasteiger partial charge in [0, 0.05) is 30.9 Å². The van der Waals surface area contributed by atoms with Crippen molar-refractivity contribution in [1.82, 2.24) is 4.57 Å². The lowest BCUT2D eigenvalue weighted by Crippen LogP contribution is -2.41. The Morgan fingerprint density at radius 1 is 1.15 bits per heavy atom. The predicted octanol–water partition coefficient (Wildman–Crippen LogP) is 6.97. The summed E-state index contributed by atoms with van der Waals surface area (Å²) in [6.45, 7) is 15.4. The second-order valence-corrected chi connectivity index (χ2v) is 16.1. The molecule has 0 amide bonds. The average molecular weight is 496 g/mol. The van der Waals surface area contributed by atoms with Crippen molar-refractivity contribution in [3.63, 3.8) is 0 Å². The second kappa shape index (κ2) is 9.19. The normalized spacial score (nSPS) is 18.4. The standard InChI is InChI=1S/C26H36F3NO3Si/c1-24(2,3)34(6,7)32-14-8-9-18-12-13-30(23(31)15-18)21-17-25(4,5)33-22-11-10-19(16-20(21)22)26(27,28)29/h10-13,15-16,21H,8-9,14,17H2,1-7H3. The molecule has 0 fully saturated rings. The molecular weight excluding hydrogens is 459 g/mol. The number of halogens is 3. The fourth-order valence-electron chi connectivity index (χ4n) is 4.01. The van der Waals surface area contributed by atoms with Gasteiger partial charge < -0.3 is 13.7 Å². The molecule has 0 N–H and O–H groups in total. The molecule has 0 bridgehead atoms. The number of aryl methyl sites for hydroxylation is 1. The minimum Gasteiger partial charge on any atom is -0.487 e. The molecule has 8 heteroatoms. The first-order valence-corrected chi connectivity index (χ1v) is 14.7. The molecule has 3 rings (SSSR count). The van der Waals surface area contributed by atoms with Crippen LogP contribution < -0.4 is 10.3 Å². The molecule has 0 aliphatic carbocycles. The Kier molecular flexibility index (Phi) is 7.17. The third-order valence-corrected chi connectivity index (χ3v) is 11.5. The van der Waals surface area contributed by atoms with Crippen molar-refractivity contribution in [1.29, 1.82) is 0 Å². The molecule has 0 spiro atoms. The predicted molar refractivity (Wildman–Crippen MR) is 131 cm³/mol. The van der Waals surface area contributed by atoms with Crippen LogP contribution in [0.15, 0.2) is 41.3 Å². The molecule has 1 aromatic carbocycles. The van der Waals surface area contributed by atoms with Gasteiger partial charge in [0.05, 0.1) is 11.6 Å². The molecule has 1 aliphatic rings. The number of aromatic nitrogens is 1. The zero-order valence-corrected chi connectivity index (χ0v) is 22.2. The first kappa shape index (κ1) is 26.5. The number of fused-ring (bicyclic) bond motifs is 1. The number of benzene rings is 1. The lowest BCUT2D eigenvalue weighted by Gasteiger charge is -2.38. The van der Waals surface area contributed by atoms with Crippen molar-refractivity contribution in [2.45, 2.75) is 89.8 Å². The number of nitrogens with zero attached hydrogens (tertiary/aromatic N) is 1. The second-order valence-electron chi connectivity index (χ2n) is 11.3. The quantitative estimate of drug-likeness (QED) is 0.321. The van der Waals surface area contributed by atoms with Gasteiger partial charge in [-0.25, -0.2) is 0 Å². The summed E-state index contributed by atoms with van der Waals surface area (Å²) >= 11 is 0. The van der Waals surface area contributed by atoms with E-state index in [1.165, 1.54) is 10.6 Å². The van der Waals surface area contributed by atoms with Gasteiger partial charge in [-0.2, -0.15) is 13.2 Å². The largest absolute Gasteiger partial charge is 0.487 e. The van der Waals surface area contributed by atoms with Gasteiger partial charge in [-0.15, -0.1) is 0 Å². The molecule has 0 saturated carbocycles. The van der Waals surface area contributed by atoms with Crippen molar-refractivity contribution in [2.75, 3.05) is 6.61 Å². The maximum absolute atomic E-state index is 13.3. The summed E-state index contributed by atoms with van der Waals surface area (Å²) < 4.78 is 53.7. The number of ether oxygens (including phenoxy) is 1. The van der Waals surface area contributed by atoms with Crippen LogP contribution in [0.2, 0.25) is 18.1 Å². The van der Waals surface area contributed by atoms with E-state index in [1.807, 2.05) is 19.9 Å². The third-order valence-electron chi connectivity index (χ3n) is 6.99. The van der Waals surface area contributed by atoms with Crippen LogP contribution in [0.3, 0.4) is 0 Å². The van der Waals surface area contributed by atoms with E-state index >= 15 is 0 Å². The Bertz CT molecular complexity index is 1080. The molecule has 34 heavy (non-hydrogen) atoms. The molecule has 188 valence electrons. The molecule has 2 heterocycles. The Balaban J connectivity index is 1.80. The summed E-state index contributed by atoms with van der Waals surface area (Å²) in [5.41, 5.74) is -0.307. The highest BCUT2D eigenvalue weighted by molar-refractivity contribution is 6.74. The maximum atomic E-state index is 13.3. The van der Waals surface area contributed by atoms with Crippen molar-refractivity contribution in [3.05, 3.63) is 63.6 Å². The van der Waals surface area contributed by atoms with Crippen molar-refractivity contribution < 1.29 is 22.3 Å². The third kappa shape index (κ3) is 5.94. The van der Waals surface area contributed by atoms with Gasteiger partial charge in [-0.3, -0.25) is 4.79 Å². The molecule has 1 aliphatic heterocycles. The number of hydrogen-bond donors (Lipinski definition) is 0. The molecule has 1 aromatic heterocycles. The number of hydrogen-bond acceptors (Lipinski definition) is 3. The van der Waals surface area contributed by atoms with E-state index in [2.05, 4.69) is 33.9 Å². The Morgan fingerprint density at radius 3 is 2.41 bits per heavy atom. The fraction of sp³-hybridized carbons (Fsp3) is 0.577. The van der Waals surface area contributed by atoms with E-state index < -0.39 is 31.7 Å². The highest BCUT2D eigenvalue weighted by Gasteiger charge is 2.39. The van der Waals surface area contributed by atoms with E-state index in [9.17, 15) is 18.0 Å². The lowest BCUT2D eigenvalue weighted by atomic mass is 9.88. The minimum atomic E-state index is -4.46. The number of pyridine rings is 1. The van der Waals surface area contributed by atoms with Gasteiger partial charge in [0.1, 0.15) is 11.4 Å². The molecule has 4 nitrogen and oxygen atoms in total. The van der Waals surface area contributed by atoms with Crippen molar-refractivity contribution in [2.24, 2.45) is 0 Å². The Hall–Kier alpha value is -2.06. The fourth-order valence-corrected chi connectivity index (χ4v) is 5.09. The van der Waals surface area contributed by atoms with E-state index in [-0.39, 0.29) is 10.6 Å². The van der Waals surface area contributed by atoms with E-state index in [0.29, 0.717) is 30.8 Å². The Labute approximate surface area is 201 Å². The van der Waals surface area contributed by atoms with E-state index in [0.717, 1.165) is 24.1 Å². The maximum Gasteiger partial charge on any atom is 0.416 e. The van der Waals surface area contributed by atoms with E-state index in [1.54, 1.807) is 12.3 Å². The topological polar surface area (TPSA) is 40.5 Å². The van der Waals surface area contributed by atoms with Crippen LogP contribution >= 0.6 is 0 Å². The van der Waals surface area contributed by atoms with Crippen molar-refractivity contribution >= 4 is 8.32 Å². The summed E-state index contributed by atoms with van der Waals surface area (Å²) in [6.07, 6.45) is -0.867. The smallest absolute Gasteiger partial charge is 0.416 e. The van der Waals surface area contributed by atoms with Crippen LogP contribution in [0, 0.1) is 0 Å². The molecule has 0 saturated heterocycles. The Morgan fingerprint density at radius 2 is 1.82 bits per heavy atom. The van der Waals surface area contributed by atoms with E-state index in [4.69, 9.17) is 9.16 Å². The average Bonchev–Trinajstić information content (AvgIpc) is 2.68. The van der Waals surface area contributed by atoms with Crippen molar-refractivity contribution in [3.8, 4) is 5.75 Å². The summed E-state index contributed by atoms with van der Waals surface area (Å²) in [4.78, 5) is 13.0. The van der Waals surface area contributed by atoms with Gasteiger partial charge in [-0.05, 0) is 74.7 Å². The van der Waals surface area contributed by atoms with Gasteiger partial charge in [0.15, 0.2) is 8.32 Å². The molecular formula is C26H36F3NO3Si. The summed E-state index contributed by atoms with van der Waals surface area (Å²) in [7, 11) is -1.81. The highest BCUT2D eigenvalue weighted by atomic mass is 28.4. The zero-order valence-electron chi connectivity index (χ0n) is 21.2. The summed E-state index contributed by atoms with van der Waals surface area (Å²) in [5.74, 6) is 0.382. The first-order valence-electron chi connectivity index (χ1n) is 11.8. The molecule has 1 atom stereocenters. The number of rotatable bonds is 6.